The maximum atomic E-state index is 11.9. The number of amides is 1. The van der Waals surface area contributed by atoms with Crippen molar-refractivity contribution in [3.05, 3.63) is 23.0 Å². The number of ether oxygens (including phenoxy) is 2. The zero-order chi connectivity index (χ0) is 14.7. The van der Waals surface area contributed by atoms with Crippen LogP contribution < -0.4 is 20.5 Å². The highest BCUT2D eigenvalue weighted by atomic mass is 35.5. The van der Waals surface area contributed by atoms with Gasteiger partial charge in [0.05, 0.1) is 24.9 Å². The van der Waals surface area contributed by atoms with Crippen LogP contribution in [0.3, 0.4) is 0 Å². The van der Waals surface area contributed by atoms with Crippen LogP contribution in [0, 0.1) is 0 Å². The SMILES string of the molecule is COc1cc(OC)c(NC(=O)c2nc(N)n[nH]2)cc1Cl. The summed E-state index contributed by atoms with van der Waals surface area (Å²) in [6.07, 6.45) is 0. The molecule has 20 heavy (non-hydrogen) atoms. The van der Waals surface area contributed by atoms with Crippen molar-refractivity contribution in [1.29, 1.82) is 0 Å². The molecule has 0 aliphatic carbocycles. The Morgan fingerprint density at radius 3 is 2.60 bits per heavy atom. The van der Waals surface area contributed by atoms with Crippen LogP contribution >= 0.6 is 11.6 Å². The molecule has 0 radical (unpaired) electrons. The van der Waals surface area contributed by atoms with Crippen LogP contribution in [0.1, 0.15) is 10.6 Å². The molecule has 9 heteroatoms. The minimum atomic E-state index is -0.520. The number of hydrogen-bond acceptors (Lipinski definition) is 6. The molecule has 1 heterocycles. The van der Waals surface area contributed by atoms with Crippen LogP contribution in [0.15, 0.2) is 12.1 Å². The van der Waals surface area contributed by atoms with Crippen LogP contribution in [0.25, 0.3) is 0 Å². The number of aromatic amines is 1. The maximum Gasteiger partial charge on any atom is 0.293 e. The van der Waals surface area contributed by atoms with Crippen molar-refractivity contribution >= 4 is 29.1 Å². The van der Waals surface area contributed by atoms with Crippen molar-refractivity contribution in [2.45, 2.75) is 0 Å². The molecule has 0 saturated heterocycles. The summed E-state index contributed by atoms with van der Waals surface area (Å²) in [5.41, 5.74) is 5.71. The summed E-state index contributed by atoms with van der Waals surface area (Å²) >= 11 is 6.00. The van der Waals surface area contributed by atoms with Gasteiger partial charge in [0.15, 0.2) is 0 Å². The summed E-state index contributed by atoms with van der Waals surface area (Å²) in [6, 6.07) is 3.07. The first-order valence-electron chi connectivity index (χ1n) is 5.46. The molecule has 2 rings (SSSR count). The number of halogens is 1. The molecule has 0 fully saturated rings. The number of nitrogen functional groups attached to an aromatic ring is 1. The molecule has 0 saturated carbocycles. The minimum Gasteiger partial charge on any atom is -0.495 e. The van der Waals surface area contributed by atoms with Crippen molar-refractivity contribution in [2.24, 2.45) is 0 Å². The molecule has 106 valence electrons. The van der Waals surface area contributed by atoms with Gasteiger partial charge in [-0.15, -0.1) is 5.10 Å². The van der Waals surface area contributed by atoms with E-state index < -0.39 is 5.91 Å². The van der Waals surface area contributed by atoms with Crippen LogP contribution in [-0.2, 0) is 0 Å². The lowest BCUT2D eigenvalue weighted by molar-refractivity contribution is 0.101. The molecule has 4 N–H and O–H groups in total. The number of carbonyl (C=O) groups is 1. The minimum absolute atomic E-state index is 0.0171. The number of anilines is 2. The van der Waals surface area contributed by atoms with Gasteiger partial charge in [0.25, 0.3) is 5.91 Å². The number of methoxy groups -OCH3 is 2. The topological polar surface area (TPSA) is 115 Å². The molecule has 1 aromatic heterocycles. The molecule has 1 aromatic carbocycles. The fraction of sp³-hybridized carbons (Fsp3) is 0.182. The summed E-state index contributed by atoms with van der Waals surface area (Å²) in [5, 5.41) is 8.90. The number of nitrogens with one attached hydrogen (secondary N) is 2. The van der Waals surface area contributed by atoms with Crippen LogP contribution in [0.5, 0.6) is 11.5 Å². The van der Waals surface area contributed by atoms with Crippen molar-refractivity contribution in [1.82, 2.24) is 15.2 Å². The van der Waals surface area contributed by atoms with Gasteiger partial charge >= 0.3 is 0 Å². The van der Waals surface area contributed by atoms with Gasteiger partial charge in [-0.1, -0.05) is 11.6 Å². The van der Waals surface area contributed by atoms with E-state index in [4.69, 9.17) is 26.8 Å². The average molecular weight is 298 g/mol. The van der Waals surface area contributed by atoms with Crippen LogP contribution in [0.2, 0.25) is 5.02 Å². The normalized spacial score (nSPS) is 10.2. The number of nitrogens with two attached hydrogens (primary N) is 1. The first kappa shape index (κ1) is 13.9. The van der Waals surface area contributed by atoms with E-state index in [1.807, 2.05) is 0 Å². The van der Waals surface area contributed by atoms with E-state index in [1.54, 1.807) is 6.07 Å². The highest BCUT2D eigenvalue weighted by Crippen LogP contribution is 2.35. The summed E-state index contributed by atoms with van der Waals surface area (Å²) in [4.78, 5) is 15.7. The summed E-state index contributed by atoms with van der Waals surface area (Å²) in [5.74, 6) is 0.276. The number of aromatic nitrogens is 3. The lowest BCUT2D eigenvalue weighted by Crippen LogP contribution is -2.14. The maximum absolute atomic E-state index is 11.9. The number of carbonyl (C=O) groups excluding carboxylic acids is 1. The predicted octanol–water partition coefficient (Wildman–Crippen LogP) is 1.31. The molecule has 0 bridgehead atoms. The Morgan fingerprint density at radius 1 is 1.35 bits per heavy atom. The fourth-order valence-electron chi connectivity index (χ4n) is 1.52. The predicted molar refractivity (Wildman–Crippen MR) is 73.3 cm³/mol. The third-order valence-electron chi connectivity index (χ3n) is 2.44. The monoisotopic (exact) mass is 297 g/mol. The molecule has 8 nitrogen and oxygen atoms in total. The number of nitrogens with zero attached hydrogens (tertiary/aromatic N) is 2. The first-order valence-corrected chi connectivity index (χ1v) is 5.83. The number of H-pyrrole nitrogens is 1. The number of rotatable bonds is 4. The third-order valence-corrected chi connectivity index (χ3v) is 2.74. The summed E-state index contributed by atoms with van der Waals surface area (Å²) in [7, 11) is 2.95. The second-order valence-corrected chi connectivity index (χ2v) is 4.09. The molecule has 1 amide bonds. The van der Waals surface area contributed by atoms with Gasteiger partial charge in [-0.3, -0.25) is 9.89 Å². The van der Waals surface area contributed by atoms with Gasteiger partial charge in [0.1, 0.15) is 11.5 Å². The van der Waals surface area contributed by atoms with E-state index in [0.717, 1.165) is 0 Å². The Labute approximate surface area is 119 Å². The van der Waals surface area contributed by atoms with Gasteiger partial charge in [-0.05, 0) is 6.07 Å². The second-order valence-electron chi connectivity index (χ2n) is 3.68. The fourth-order valence-corrected chi connectivity index (χ4v) is 1.76. The van der Waals surface area contributed by atoms with Gasteiger partial charge in [-0.2, -0.15) is 4.98 Å². The van der Waals surface area contributed by atoms with E-state index in [9.17, 15) is 4.79 Å². The lowest BCUT2D eigenvalue weighted by Gasteiger charge is -2.12. The highest BCUT2D eigenvalue weighted by Gasteiger charge is 2.16. The molecule has 2 aromatic rings. The Kier molecular flexibility index (Phi) is 3.94. The van der Waals surface area contributed by atoms with Crippen LogP contribution in [0.4, 0.5) is 11.6 Å². The number of hydrogen-bond donors (Lipinski definition) is 3. The second kappa shape index (κ2) is 5.66. The van der Waals surface area contributed by atoms with Gasteiger partial charge in [-0.25, -0.2) is 0 Å². The van der Waals surface area contributed by atoms with Crippen molar-refractivity contribution < 1.29 is 14.3 Å². The Balaban J connectivity index is 2.28. The van der Waals surface area contributed by atoms with Crippen molar-refractivity contribution in [3.63, 3.8) is 0 Å². The zero-order valence-electron chi connectivity index (χ0n) is 10.7. The Bertz CT molecular complexity index is 643. The van der Waals surface area contributed by atoms with E-state index in [-0.39, 0.29) is 11.8 Å². The van der Waals surface area contributed by atoms with Crippen molar-refractivity contribution in [3.8, 4) is 11.5 Å². The summed E-state index contributed by atoms with van der Waals surface area (Å²) < 4.78 is 10.2. The van der Waals surface area contributed by atoms with Crippen LogP contribution in [-0.4, -0.2) is 35.3 Å². The molecule has 0 atom stereocenters. The Hall–Kier alpha value is -2.48. The quantitative estimate of drug-likeness (QED) is 0.783. The summed E-state index contributed by atoms with van der Waals surface area (Å²) in [6.45, 7) is 0. The van der Waals surface area contributed by atoms with E-state index in [0.29, 0.717) is 22.2 Å². The van der Waals surface area contributed by atoms with Gasteiger partial charge in [0, 0.05) is 6.07 Å². The number of benzene rings is 1. The van der Waals surface area contributed by atoms with E-state index in [2.05, 4.69) is 20.5 Å². The molecule has 0 unspecified atom stereocenters. The largest absolute Gasteiger partial charge is 0.495 e. The van der Waals surface area contributed by atoms with Gasteiger partial charge in [0.2, 0.25) is 11.8 Å². The third kappa shape index (κ3) is 2.75. The molecule has 0 aliphatic rings. The molecule has 0 spiro atoms. The first-order chi connectivity index (χ1) is 9.55. The van der Waals surface area contributed by atoms with E-state index >= 15 is 0 Å². The smallest absolute Gasteiger partial charge is 0.293 e. The van der Waals surface area contributed by atoms with Crippen molar-refractivity contribution in [2.75, 3.05) is 25.3 Å². The average Bonchev–Trinajstić information content (AvgIpc) is 2.86. The van der Waals surface area contributed by atoms with Gasteiger partial charge < -0.3 is 20.5 Å². The standard InChI is InChI=1S/C11H12ClN5O3/c1-19-7-4-8(20-2)6(3-5(7)12)14-10(18)9-15-11(13)17-16-9/h3-4H,1-2H3,(H,14,18)(H3,13,15,16,17). The Morgan fingerprint density at radius 2 is 2.05 bits per heavy atom. The highest BCUT2D eigenvalue weighted by molar-refractivity contribution is 6.32. The molecule has 0 aliphatic heterocycles. The molecular weight excluding hydrogens is 286 g/mol. The van der Waals surface area contributed by atoms with E-state index in [1.165, 1.54) is 20.3 Å². The molecular formula is C11H12ClN5O3. The lowest BCUT2D eigenvalue weighted by atomic mass is 10.2. The zero-order valence-corrected chi connectivity index (χ0v) is 11.5.